The first-order chi connectivity index (χ1) is 6.81. The third kappa shape index (κ3) is 1.12. The summed E-state index contributed by atoms with van der Waals surface area (Å²) in [5.74, 6) is 0.934. The second-order valence-electron chi connectivity index (χ2n) is 4.94. The van der Waals surface area contributed by atoms with Crippen LogP contribution in [0, 0.1) is 5.92 Å². The van der Waals surface area contributed by atoms with Crippen LogP contribution in [-0.2, 0) is 5.41 Å². The summed E-state index contributed by atoms with van der Waals surface area (Å²) in [5, 5.41) is 0. The van der Waals surface area contributed by atoms with Crippen LogP contribution in [0.3, 0.4) is 0 Å². The van der Waals surface area contributed by atoms with Crippen LogP contribution in [0.1, 0.15) is 18.4 Å². The minimum absolute atomic E-state index is 0.577. The third-order valence-electron chi connectivity index (χ3n) is 4.05. The van der Waals surface area contributed by atoms with Crippen molar-refractivity contribution < 1.29 is 0 Å². The summed E-state index contributed by atoms with van der Waals surface area (Å²) in [7, 11) is 2.24. The van der Waals surface area contributed by atoms with Gasteiger partial charge in [-0.1, -0.05) is 30.3 Å². The number of likely N-dealkylation sites (tertiary alicyclic amines) is 1. The molecule has 1 aromatic carbocycles. The zero-order valence-corrected chi connectivity index (χ0v) is 8.74. The molecule has 1 aliphatic carbocycles. The number of hydrogen-bond acceptors (Lipinski definition) is 1. The zero-order valence-electron chi connectivity index (χ0n) is 8.74. The summed E-state index contributed by atoms with van der Waals surface area (Å²) in [4.78, 5) is 2.47. The molecule has 0 radical (unpaired) electrons. The molecule has 1 aromatic rings. The largest absolute Gasteiger partial charge is 0.306 e. The van der Waals surface area contributed by atoms with Gasteiger partial charge >= 0.3 is 0 Å². The van der Waals surface area contributed by atoms with Gasteiger partial charge in [-0.25, -0.2) is 0 Å². The molecule has 0 unspecified atom stereocenters. The Balaban J connectivity index is 1.88. The SMILES string of the molecule is CN1CC[C@@]2(c3ccccc3)C[C@H]2C1. The van der Waals surface area contributed by atoms with Crippen LogP contribution in [0.4, 0.5) is 0 Å². The summed E-state index contributed by atoms with van der Waals surface area (Å²) in [6.07, 6.45) is 2.78. The van der Waals surface area contributed by atoms with Crippen LogP contribution in [0.2, 0.25) is 0 Å². The molecule has 0 spiro atoms. The predicted octanol–water partition coefficient (Wildman–Crippen LogP) is 2.28. The van der Waals surface area contributed by atoms with E-state index < -0.39 is 0 Å². The molecule has 0 amide bonds. The van der Waals surface area contributed by atoms with Crippen LogP contribution in [0.15, 0.2) is 30.3 Å². The van der Waals surface area contributed by atoms with Gasteiger partial charge in [0.2, 0.25) is 0 Å². The number of fused-ring (bicyclic) bond motifs is 1. The van der Waals surface area contributed by atoms with Crippen molar-refractivity contribution in [2.24, 2.45) is 5.92 Å². The summed E-state index contributed by atoms with van der Waals surface area (Å²) < 4.78 is 0. The fourth-order valence-corrected chi connectivity index (χ4v) is 3.05. The molecule has 2 fully saturated rings. The number of hydrogen-bond donors (Lipinski definition) is 0. The maximum atomic E-state index is 2.47. The number of benzene rings is 1. The Labute approximate surface area is 85.7 Å². The van der Waals surface area contributed by atoms with Crippen molar-refractivity contribution in [3.05, 3.63) is 35.9 Å². The van der Waals surface area contributed by atoms with E-state index in [1.807, 2.05) is 0 Å². The summed E-state index contributed by atoms with van der Waals surface area (Å²) in [6, 6.07) is 11.1. The summed E-state index contributed by atoms with van der Waals surface area (Å²) in [6.45, 7) is 2.57. The molecule has 0 N–H and O–H groups in total. The van der Waals surface area contributed by atoms with Gasteiger partial charge in [-0.05, 0) is 37.9 Å². The smallest absolute Gasteiger partial charge is 0.00155 e. The van der Waals surface area contributed by atoms with Gasteiger partial charge in [-0.2, -0.15) is 0 Å². The molecular weight excluding hydrogens is 170 g/mol. The third-order valence-corrected chi connectivity index (χ3v) is 4.05. The Bertz CT molecular complexity index is 332. The van der Waals surface area contributed by atoms with E-state index in [4.69, 9.17) is 0 Å². The number of piperidine rings is 1. The Morgan fingerprint density at radius 1 is 1.29 bits per heavy atom. The van der Waals surface area contributed by atoms with E-state index in [1.54, 1.807) is 5.56 Å². The first-order valence-electron chi connectivity index (χ1n) is 5.55. The van der Waals surface area contributed by atoms with Crippen molar-refractivity contribution in [3.63, 3.8) is 0 Å². The minimum atomic E-state index is 0.577. The van der Waals surface area contributed by atoms with Crippen molar-refractivity contribution >= 4 is 0 Å². The van der Waals surface area contributed by atoms with Crippen LogP contribution < -0.4 is 0 Å². The molecule has 1 nitrogen and oxygen atoms in total. The second-order valence-corrected chi connectivity index (χ2v) is 4.94. The van der Waals surface area contributed by atoms with Crippen molar-refractivity contribution in [1.82, 2.24) is 4.90 Å². The number of rotatable bonds is 1. The lowest BCUT2D eigenvalue weighted by Crippen LogP contribution is -2.33. The van der Waals surface area contributed by atoms with Crippen molar-refractivity contribution in [1.29, 1.82) is 0 Å². The van der Waals surface area contributed by atoms with E-state index in [2.05, 4.69) is 42.3 Å². The highest BCUT2D eigenvalue weighted by molar-refractivity contribution is 5.34. The zero-order chi connectivity index (χ0) is 9.60. The second kappa shape index (κ2) is 2.83. The lowest BCUT2D eigenvalue weighted by Gasteiger charge is -2.29. The minimum Gasteiger partial charge on any atom is -0.306 e. The molecule has 1 heterocycles. The Kier molecular flexibility index (Phi) is 1.72. The maximum absolute atomic E-state index is 2.47. The van der Waals surface area contributed by atoms with Gasteiger partial charge in [0.25, 0.3) is 0 Å². The van der Waals surface area contributed by atoms with Gasteiger partial charge in [-0.15, -0.1) is 0 Å². The fourth-order valence-electron chi connectivity index (χ4n) is 3.05. The highest BCUT2D eigenvalue weighted by Gasteiger charge is 2.56. The van der Waals surface area contributed by atoms with Gasteiger partial charge in [0.15, 0.2) is 0 Å². The molecule has 0 bridgehead atoms. The van der Waals surface area contributed by atoms with E-state index in [9.17, 15) is 0 Å². The highest BCUT2D eigenvalue weighted by atomic mass is 15.1. The van der Waals surface area contributed by atoms with Gasteiger partial charge in [-0.3, -0.25) is 0 Å². The van der Waals surface area contributed by atoms with Crippen LogP contribution in [0.5, 0.6) is 0 Å². The topological polar surface area (TPSA) is 3.24 Å². The van der Waals surface area contributed by atoms with Crippen LogP contribution in [0.25, 0.3) is 0 Å². The number of nitrogens with zero attached hydrogens (tertiary/aromatic N) is 1. The quantitative estimate of drug-likeness (QED) is 0.652. The van der Waals surface area contributed by atoms with Gasteiger partial charge in [0, 0.05) is 12.0 Å². The Morgan fingerprint density at radius 3 is 2.79 bits per heavy atom. The van der Waals surface area contributed by atoms with Crippen LogP contribution >= 0.6 is 0 Å². The van der Waals surface area contributed by atoms with Crippen molar-refractivity contribution in [2.75, 3.05) is 20.1 Å². The highest BCUT2D eigenvalue weighted by Crippen LogP contribution is 2.58. The molecule has 2 aliphatic rings. The first-order valence-corrected chi connectivity index (χ1v) is 5.55. The van der Waals surface area contributed by atoms with Gasteiger partial charge < -0.3 is 4.90 Å². The molecule has 2 atom stereocenters. The van der Waals surface area contributed by atoms with E-state index in [0.29, 0.717) is 5.41 Å². The van der Waals surface area contributed by atoms with E-state index in [1.165, 1.54) is 25.9 Å². The van der Waals surface area contributed by atoms with Crippen LogP contribution in [-0.4, -0.2) is 25.0 Å². The molecule has 74 valence electrons. The molecule has 1 heteroatoms. The lowest BCUT2D eigenvalue weighted by atomic mass is 9.87. The first kappa shape index (κ1) is 8.49. The maximum Gasteiger partial charge on any atom is 0.00155 e. The van der Waals surface area contributed by atoms with E-state index in [-0.39, 0.29) is 0 Å². The average molecular weight is 187 g/mol. The average Bonchev–Trinajstić information content (AvgIpc) is 2.94. The van der Waals surface area contributed by atoms with Gasteiger partial charge in [0.05, 0.1) is 0 Å². The van der Waals surface area contributed by atoms with E-state index >= 15 is 0 Å². The van der Waals surface area contributed by atoms with Crippen molar-refractivity contribution in [2.45, 2.75) is 18.3 Å². The Hall–Kier alpha value is -0.820. The monoisotopic (exact) mass is 187 g/mol. The summed E-state index contributed by atoms with van der Waals surface area (Å²) >= 11 is 0. The molecule has 3 rings (SSSR count). The van der Waals surface area contributed by atoms with Crippen molar-refractivity contribution in [3.8, 4) is 0 Å². The summed E-state index contributed by atoms with van der Waals surface area (Å²) in [5.41, 5.74) is 2.16. The molecule has 0 aromatic heterocycles. The normalized spacial score (nSPS) is 36.5. The Morgan fingerprint density at radius 2 is 2.07 bits per heavy atom. The van der Waals surface area contributed by atoms with Gasteiger partial charge in [0.1, 0.15) is 0 Å². The van der Waals surface area contributed by atoms with E-state index in [0.717, 1.165) is 5.92 Å². The molecular formula is C13H17N. The standard InChI is InChI=1S/C13H17N/c1-14-8-7-13(9-12(13)10-14)11-5-3-2-4-6-11/h2-6,12H,7-10H2,1H3/t12-,13-/m0/s1. The predicted molar refractivity (Wildman–Crippen MR) is 58.3 cm³/mol. The molecule has 1 saturated carbocycles. The molecule has 1 saturated heterocycles. The molecule has 1 aliphatic heterocycles. The fraction of sp³-hybridized carbons (Fsp3) is 0.538. The lowest BCUT2D eigenvalue weighted by molar-refractivity contribution is 0.248. The molecule has 14 heavy (non-hydrogen) atoms.